The Morgan fingerprint density at radius 2 is 1.79 bits per heavy atom. The lowest BCUT2D eigenvalue weighted by molar-refractivity contribution is -0.137. The maximum Gasteiger partial charge on any atom is 0.416 e. The largest absolute Gasteiger partial charge is 0.416 e. The molecule has 0 bridgehead atoms. The molecule has 0 aliphatic carbocycles. The number of nitrogen functional groups attached to an aromatic ring is 1. The van der Waals surface area contributed by atoms with E-state index in [1.54, 1.807) is 0 Å². The number of aromatic nitrogens is 2. The van der Waals surface area contributed by atoms with Crippen LogP contribution in [0.15, 0.2) is 35.5 Å². The van der Waals surface area contributed by atoms with E-state index in [0.29, 0.717) is 23.5 Å². The number of benzene rings is 1. The van der Waals surface area contributed by atoms with Gasteiger partial charge in [0.25, 0.3) is 0 Å². The van der Waals surface area contributed by atoms with E-state index in [1.165, 1.54) is 10.6 Å². The minimum absolute atomic E-state index is 0.00537. The van der Waals surface area contributed by atoms with Gasteiger partial charge in [-0.1, -0.05) is 0 Å². The van der Waals surface area contributed by atoms with Crippen molar-refractivity contribution in [3.63, 3.8) is 0 Å². The molecule has 0 spiro atoms. The van der Waals surface area contributed by atoms with Crippen LogP contribution >= 0.6 is 0 Å². The van der Waals surface area contributed by atoms with Crippen molar-refractivity contribution in [1.82, 2.24) is 14.3 Å². The summed E-state index contributed by atoms with van der Waals surface area (Å²) in [4.78, 5) is 7.71. The lowest BCUT2D eigenvalue weighted by Crippen LogP contribution is -2.37. The summed E-state index contributed by atoms with van der Waals surface area (Å²) in [5, 5.41) is 0. The zero-order valence-electron chi connectivity index (χ0n) is 12.3. The minimum Gasteiger partial charge on any atom is -0.383 e. The van der Waals surface area contributed by atoms with Crippen LogP contribution in [-0.2, 0) is 29.2 Å². The highest BCUT2D eigenvalue weighted by Crippen LogP contribution is 2.31. The summed E-state index contributed by atoms with van der Waals surface area (Å²) in [6, 6.07) is 3.43. The zero-order valence-corrected chi connectivity index (χ0v) is 13.1. The summed E-state index contributed by atoms with van der Waals surface area (Å²) in [5.41, 5.74) is 6.05. The van der Waals surface area contributed by atoms with Crippen molar-refractivity contribution in [2.24, 2.45) is 0 Å². The molecule has 0 amide bonds. The molecule has 0 atom stereocenters. The Labute approximate surface area is 136 Å². The van der Waals surface area contributed by atoms with Gasteiger partial charge >= 0.3 is 6.18 Å². The van der Waals surface area contributed by atoms with Gasteiger partial charge in [0.05, 0.1) is 22.7 Å². The van der Waals surface area contributed by atoms with Crippen molar-refractivity contribution in [2.75, 3.05) is 12.3 Å². The monoisotopic (exact) mass is 358 g/mol. The van der Waals surface area contributed by atoms with Crippen molar-refractivity contribution in [2.45, 2.75) is 24.0 Å². The summed E-state index contributed by atoms with van der Waals surface area (Å²) < 4.78 is 64.2. The average molecular weight is 358 g/mol. The van der Waals surface area contributed by atoms with Crippen LogP contribution in [0.5, 0.6) is 0 Å². The highest BCUT2D eigenvalue weighted by Gasteiger charge is 2.33. The van der Waals surface area contributed by atoms with E-state index in [9.17, 15) is 21.6 Å². The molecule has 0 unspecified atom stereocenters. The number of anilines is 1. The van der Waals surface area contributed by atoms with Crippen molar-refractivity contribution in [1.29, 1.82) is 0 Å². The third kappa shape index (κ3) is 2.94. The maximum absolute atomic E-state index is 12.6. The van der Waals surface area contributed by atoms with Crippen LogP contribution in [0, 0.1) is 0 Å². The summed E-state index contributed by atoms with van der Waals surface area (Å²) in [7, 11) is -3.92. The number of rotatable bonds is 2. The number of alkyl halides is 3. The van der Waals surface area contributed by atoms with Crippen LogP contribution in [0.25, 0.3) is 0 Å². The Morgan fingerprint density at radius 1 is 1.12 bits per heavy atom. The molecule has 128 valence electrons. The van der Waals surface area contributed by atoms with Gasteiger partial charge < -0.3 is 5.73 Å². The molecule has 1 aliphatic heterocycles. The first-order chi connectivity index (χ1) is 11.2. The fourth-order valence-corrected chi connectivity index (χ4v) is 3.93. The van der Waals surface area contributed by atoms with Gasteiger partial charge in [0.2, 0.25) is 10.0 Å². The molecule has 0 fully saturated rings. The van der Waals surface area contributed by atoms with Gasteiger partial charge in [-0.15, -0.1) is 0 Å². The SMILES string of the molecule is Nc1ncnc2c1CCN(S(=O)(=O)c1ccc(C(F)(F)F)cc1)C2. The summed E-state index contributed by atoms with van der Waals surface area (Å²) in [6.45, 7) is 0.166. The Hall–Kier alpha value is -2.20. The van der Waals surface area contributed by atoms with E-state index in [1.807, 2.05) is 0 Å². The van der Waals surface area contributed by atoms with E-state index in [-0.39, 0.29) is 18.0 Å². The smallest absolute Gasteiger partial charge is 0.383 e. The van der Waals surface area contributed by atoms with E-state index in [2.05, 4.69) is 9.97 Å². The van der Waals surface area contributed by atoms with Crippen LogP contribution < -0.4 is 5.73 Å². The van der Waals surface area contributed by atoms with Crippen LogP contribution in [-0.4, -0.2) is 29.2 Å². The van der Waals surface area contributed by atoms with Gasteiger partial charge in [-0.2, -0.15) is 17.5 Å². The molecule has 3 rings (SSSR count). The molecular weight excluding hydrogens is 345 g/mol. The van der Waals surface area contributed by atoms with Gasteiger partial charge in [-0.3, -0.25) is 0 Å². The Kier molecular flexibility index (Phi) is 3.96. The van der Waals surface area contributed by atoms with E-state index < -0.39 is 21.8 Å². The molecule has 2 aromatic rings. The van der Waals surface area contributed by atoms with E-state index in [0.717, 1.165) is 24.3 Å². The topological polar surface area (TPSA) is 89.2 Å². The van der Waals surface area contributed by atoms with Crippen molar-refractivity contribution in [3.05, 3.63) is 47.4 Å². The molecule has 2 N–H and O–H groups in total. The molecule has 24 heavy (non-hydrogen) atoms. The highest BCUT2D eigenvalue weighted by atomic mass is 32.2. The summed E-state index contributed by atoms with van der Waals surface area (Å²) in [6.07, 6.45) is -2.91. The molecule has 10 heteroatoms. The number of fused-ring (bicyclic) bond motifs is 1. The number of halogens is 3. The lowest BCUT2D eigenvalue weighted by atomic mass is 10.1. The quantitative estimate of drug-likeness (QED) is 0.885. The summed E-state index contributed by atoms with van der Waals surface area (Å²) in [5.74, 6) is 0.312. The maximum atomic E-state index is 12.6. The van der Waals surface area contributed by atoms with Gasteiger partial charge in [0.15, 0.2) is 0 Å². The van der Waals surface area contributed by atoms with Crippen molar-refractivity contribution in [3.8, 4) is 0 Å². The summed E-state index contributed by atoms with van der Waals surface area (Å²) >= 11 is 0. The fraction of sp³-hybridized carbons (Fsp3) is 0.286. The average Bonchev–Trinajstić information content (AvgIpc) is 2.54. The zero-order chi connectivity index (χ0) is 17.5. The van der Waals surface area contributed by atoms with Gasteiger partial charge in [-0.25, -0.2) is 18.4 Å². The highest BCUT2D eigenvalue weighted by molar-refractivity contribution is 7.89. The third-order valence-electron chi connectivity index (χ3n) is 3.82. The molecule has 0 saturated carbocycles. The lowest BCUT2D eigenvalue weighted by Gasteiger charge is -2.27. The molecule has 2 heterocycles. The van der Waals surface area contributed by atoms with Gasteiger partial charge in [0.1, 0.15) is 12.1 Å². The van der Waals surface area contributed by atoms with E-state index >= 15 is 0 Å². The second-order valence-electron chi connectivity index (χ2n) is 5.29. The predicted octanol–water partition coefficient (Wildman–Crippen LogP) is 1.82. The van der Waals surface area contributed by atoms with E-state index in [4.69, 9.17) is 5.73 Å². The Morgan fingerprint density at radius 3 is 2.42 bits per heavy atom. The number of hydrogen-bond donors (Lipinski definition) is 1. The van der Waals surface area contributed by atoms with Crippen LogP contribution in [0.4, 0.5) is 19.0 Å². The molecule has 1 aliphatic rings. The number of hydrogen-bond acceptors (Lipinski definition) is 5. The first kappa shape index (κ1) is 16.7. The first-order valence-electron chi connectivity index (χ1n) is 6.95. The standard InChI is InChI=1S/C14H13F3N4O2S/c15-14(16,17)9-1-3-10(4-2-9)24(22,23)21-6-5-11-12(7-21)19-8-20-13(11)18/h1-4,8H,5-7H2,(H2,18,19,20). The van der Waals surface area contributed by atoms with Crippen LogP contribution in [0.3, 0.4) is 0 Å². The van der Waals surface area contributed by atoms with Crippen molar-refractivity contribution < 1.29 is 21.6 Å². The molecule has 1 aromatic heterocycles. The molecular formula is C14H13F3N4O2S. The van der Waals surface area contributed by atoms with Crippen LogP contribution in [0.1, 0.15) is 16.8 Å². The van der Waals surface area contributed by atoms with Crippen LogP contribution in [0.2, 0.25) is 0 Å². The van der Waals surface area contributed by atoms with Crippen molar-refractivity contribution >= 4 is 15.8 Å². The number of nitrogens with zero attached hydrogens (tertiary/aromatic N) is 3. The number of nitrogens with two attached hydrogens (primary N) is 1. The Balaban J connectivity index is 1.89. The second kappa shape index (κ2) is 5.71. The molecule has 0 saturated heterocycles. The fourth-order valence-electron chi connectivity index (χ4n) is 2.53. The number of sulfonamides is 1. The third-order valence-corrected chi connectivity index (χ3v) is 5.68. The first-order valence-corrected chi connectivity index (χ1v) is 8.39. The molecule has 6 nitrogen and oxygen atoms in total. The molecule has 0 radical (unpaired) electrons. The van der Waals surface area contributed by atoms with Gasteiger partial charge in [-0.05, 0) is 30.7 Å². The normalized spacial score (nSPS) is 16.0. The minimum atomic E-state index is -4.51. The Bertz CT molecular complexity index is 867. The van der Waals surface area contributed by atoms with Gasteiger partial charge in [0, 0.05) is 12.1 Å². The predicted molar refractivity (Wildman–Crippen MR) is 79.2 cm³/mol. The molecule has 1 aromatic carbocycles. The second-order valence-corrected chi connectivity index (χ2v) is 7.23.